The molecule has 2 heteroatoms. The molecule has 2 nitrogen and oxygen atoms in total. The van der Waals surface area contributed by atoms with Crippen LogP contribution in [0.3, 0.4) is 0 Å². The first-order valence-corrected chi connectivity index (χ1v) is 7.79. The van der Waals surface area contributed by atoms with E-state index in [9.17, 15) is 4.79 Å². The highest BCUT2D eigenvalue weighted by molar-refractivity contribution is 5.81. The number of carboxylic acid groups (broad SMARTS) is 1. The van der Waals surface area contributed by atoms with Gasteiger partial charge in [0.1, 0.15) is 0 Å². The lowest BCUT2D eigenvalue weighted by Crippen LogP contribution is -2.18. The van der Waals surface area contributed by atoms with Crippen molar-refractivity contribution < 1.29 is 9.90 Å². The number of allylic oxidation sites excluding steroid dienone is 7. The van der Waals surface area contributed by atoms with Crippen molar-refractivity contribution in [2.45, 2.75) is 47.5 Å². The number of aliphatic carboxylic acids is 1. The van der Waals surface area contributed by atoms with Crippen molar-refractivity contribution in [1.29, 1.82) is 0 Å². The molecule has 0 heterocycles. The van der Waals surface area contributed by atoms with E-state index in [1.54, 1.807) is 6.92 Å². The van der Waals surface area contributed by atoms with Crippen LogP contribution in [0.4, 0.5) is 0 Å². The summed E-state index contributed by atoms with van der Waals surface area (Å²) in [5.74, 6) is 1.05. The zero-order valence-corrected chi connectivity index (χ0v) is 13.9. The number of hydrogen-bond donors (Lipinski definition) is 1. The van der Waals surface area contributed by atoms with Crippen molar-refractivity contribution in [1.82, 2.24) is 0 Å². The molecular weight excluding hydrogens is 260 g/mol. The Morgan fingerprint density at radius 1 is 1.33 bits per heavy atom. The van der Waals surface area contributed by atoms with Crippen molar-refractivity contribution in [3.05, 3.63) is 47.1 Å². The van der Waals surface area contributed by atoms with Crippen LogP contribution >= 0.6 is 0 Å². The van der Waals surface area contributed by atoms with Crippen LogP contribution in [0.5, 0.6) is 0 Å². The zero-order chi connectivity index (χ0) is 16.0. The van der Waals surface area contributed by atoms with Gasteiger partial charge in [0.05, 0.1) is 0 Å². The molecule has 0 spiro atoms. The second-order valence-corrected chi connectivity index (χ2v) is 6.46. The molecule has 0 aromatic carbocycles. The molecule has 0 aromatic rings. The maximum absolute atomic E-state index is 10.6. The number of carboxylic acids is 1. The van der Waals surface area contributed by atoms with Gasteiger partial charge in [-0.25, -0.2) is 4.79 Å². The van der Waals surface area contributed by atoms with E-state index in [0.717, 1.165) is 5.57 Å². The van der Waals surface area contributed by atoms with Crippen molar-refractivity contribution in [3.63, 3.8) is 0 Å². The monoisotopic (exact) mass is 288 g/mol. The van der Waals surface area contributed by atoms with Crippen LogP contribution in [0.25, 0.3) is 0 Å². The van der Waals surface area contributed by atoms with E-state index in [1.165, 1.54) is 30.1 Å². The molecular formula is C19H28O2. The second kappa shape index (κ2) is 8.02. The predicted molar refractivity (Wildman–Crippen MR) is 89.1 cm³/mol. The summed E-state index contributed by atoms with van der Waals surface area (Å²) in [7, 11) is 0. The molecule has 0 bridgehead atoms. The van der Waals surface area contributed by atoms with Crippen LogP contribution in [-0.2, 0) is 4.79 Å². The maximum Gasteiger partial charge on any atom is 0.328 e. The Labute approximate surface area is 128 Å². The van der Waals surface area contributed by atoms with E-state index < -0.39 is 5.97 Å². The molecule has 2 atom stereocenters. The van der Waals surface area contributed by atoms with Gasteiger partial charge in [-0.15, -0.1) is 0 Å². The minimum atomic E-state index is -0.901. The third-order valence-electron chi connectivity index (χ3n) is 4.11. The first kappa shape index (κ1) is 17.5. The molecule has 1 rings (SSSR count). The topological polar surface area (TPSA) is 37.3 Å². The first-order chi connectivity index (χ1) is 9.81. The minimum Gasteiger partial charge on any atom is -0.478 e. The van der Waals surface area contributed by atoms with Crippen LogP contribution in [-0.4, -0.2) is 11.1 Å². The summed E-state index contributed by atoms with van der Waals surface area (Å²) in [4.78, 5) is 10.6. The van der Waals surface area contributed by atoms with E-state index in [2.05, 4.69) is 39.8 Å². The Morgan fingerprint density at radius 3 is 2.57 bits per heavy atom. The molecule has 0 saturated carbocycles. The lowest BCUT2D eigenvalue weighted by molar-refractivity contribution is -0.131. The number of rotatable bonds is 5. The summed E-state index contributed by atoms with van der Waals surface area (Å²) in [6, 6.07) is 0. The Bertz CT molecular complexity index is 490. The molecule has 0 saturated heterocycles. The fourth-order valence-corrected chi connectivity index (χ4v) is 2.91. The van der Waals surface area contributed by atoms with Gasteiger partial charge in [0.2, 0.25) is 0 Å². The van der Waals surface area contributed by atoms with E-state index in [1.807, 2.05) is 12.2 Å². The molecule has 0 unspecified atom stereocenters. The normalized spacial score (nSPS) is 24.6. The SMILES string of the molecule is C/C(=C/C=C/C(C)=C/C(=O)O)C1=C[C@H](C)CC[C@H]1C(C)C. The summed E-state index contributed by atoms with van der Waals surface area (Å²) >= 11 is 0. The summed E-state index contributed by atoms with van der Waals surface area (Å²) in [5.41, 5.74) is 3.51. The zero-order valence-electron chi connectivity index (χ0n) is 13.9. The van der Waals surface area contributed by atoms with E-state index in [-0.39, 0.29) is 0 Å². The lowest BCUT2D eigenvalue weighted by atomic mass is 9.75. The molecule has 0 amide bonds. The first-order valence-electron chi connectivity index (χ1n) is 7.79. The van der Waals surface area contributed by atoms with Gasteiger partial charge in [0.25, 0.3) is 0 Å². The van der Waals surface area contributed by atoms with Gasteiger partial charge in [-0.05, 0) is 61.2 Å². The summed E-state index contributed by atoms with van der Waals surface area (Å²) < 4.78 is 0. The highest BCUT2D eigenvalue weighted by Gasteiger charge is 2.24. The molecule has 0 aliphatic heterocycles. The fourth-order valence-electron chi connectivity index (χ4n) is 2.91. The van der Waals surface area contributed by atoms with Crippen molar-refractivity contribution in [2.24, 2.45) is 17.8 Å². The van der Waals surface area contributed by atoms with Gasteiger partial charge in [0, 0.05) is 6.08 Å². The molecule has 1 aliphatic rings. The molecule has 0 radical (unpaired) electrons. The van der Waals surface area contributed by atoms with Crippen molar-refractivity contribution in [2.75, 3.05) is 0 Å². The highest BCUT2D eigenvalue weighted by atomic mass is 16.4. The Morgan fingerprint density at radius 2 is 2.00 bits per heavy atom. The average molecular weight is 288 g/mol. The number of hydrogen-bond acceptors (Lipinski definition) is 1. The largest absolute Gasteiger partial charge is 0.478 e. The van der Waals surface area contributed by atoms with E-state index in [0.29, 0.717) is 17.8 Å². The van der Waals surface area contributed by atoms with Gasteiger partial charge in [0.15, 0.2) is 0 Å². The maximum atomic E-state index is 10.6. The smallest absolute Gasteiger partial charge is 0.328 e. The van der Waals surface area contributed by atoms with Crippen LogP contribution in [0.1, 0.15) is 47.5 Å². The van der Waals surface area contributed by atoms with Crippen LogP contribution in [0.15, 0.2) is 47.1 Å². The fraction of sp³-hybridized carbons (Fsp3) is 0.526. The van der Waals surface area contributed by atoms with Gasteiger partial charge < -0.3 is 5.11 Å². The number of carbonyl (C=O) groups is 1. The molecule has 0 fully saturated rings. The molecule has 0 aromatic heterocycles. The molecule has 1 N–H and O–H groups in total. The third-order valence-corrected chi connectivity index (χ3v) is 4.11. The standard InChI is InChI=1S/C19H28O2/c1-13(2)17-10-9-15(4)11-18(17)16(5)8-6-7-14(3)12-19(20)21/h6-8,11-13,15,17H,9-10H2,1-5H3,(H,20,21)/b7-6+,14-12+,16-8-/t15-,17+/m1/s1. The Balaban J connectivity index is 2.89. The van der Waals surface area contributed by atoms with Gasteiger partial charge in [-0.2, -0.15) is 0 Å². The summed E-state index contributed by atoms with van der Waals surface area (Å²) in [6.45, 7) is 10.8. The molecule has 21 heavy (non-hydrogen) atoms. The minimum absolute atomic E-state index is 0.640. The molecule has 116 valence electrons. The second-order valence-electron chi connectivity index (χ2n) is 6.46. The van der Waals surface area contributed by atoms with Gasteiger partial charge in [-0.1, -0.05) is 45.1 Å². The molecule has 1 aliphatic carbocycles. The van der Waals surface area contributed by atoms with Crippen molar-refractivity contribution in [3.8, 4) is 0 Å². The van der Waals surface area contributed by atoms with Crippen LogP contribution < -0.4 is 0 Å². The Kier molecular flexibility index (Phi) is 6.67. The van der Waals surface area contributed by atoms with Gasteiger partial charge >= 0.3 is 5.97 Å². The van der Waals surface area contributed by atoms with E-state index >= 15 is 0 Å². The average Bonchev–Trinajstić information content (AvgIpc) is 2.37. The quantitative estimate of drug-likeness (QED) is 0.561. The summed E-state index contributed by atoms with van der Waals surface area (Å²) in [5, 5.41) is 8.69. The van der Waals surface area contributed by atoms with Crippen LogP contribution in [0, 0.1) is 17.8 Å². The van der Waals surface area contributed by atoms with Gasteiger partial charge in [-0.3, -0.25) is 0 Å². The van der Waals surface area contributed by atoms with E-state index in [4.69, 9.17) is 5.11 Å². The summed E-state index contributed by atoms with van der Waals surface area (Å²) in [6.07, 6.45) is 12.1. The van der Waals surface area contributed by atoms with Crippen LogP contribution in [0.2, 0.25) is 0 Å². The Hall–Kier alpha value is -1.57. The predicted octanol–water partition coefficient (Wildman–Crippen LogP) is 5.15. The third kappa shape index (κ3) is 5.74. The lowest BCUT2D eigenvalue weighted by Gasteiger charge is -2.31. The van der Waals surface area contributed by atoms with Crippen molar-refractivity contribution >= 4 is 5.97 Å². The highest BCUT2D eigenvalue weighted by Crippen LogP contribution is 2.37.